The Morgan fingerprint density at radius 2 is 2.10 bits per heavy atom. The lowest BCUT2D eigenvalue weighted by Gasteiger charge is -2.15. The van der Waals surface area contributed by atoms with Gasteiger partial charge in [-0.15, -0.1) is 9.24 Å². The number of allylic oxidation sites excluding steroid dienone is 5. The van der Waals surface area contributed by atoms with Crippen LogP contribution in [0.5, 0.6) is 0 Å². The molecule has 21 heavy (non-hydrogen) atoms. The van der Waals surface area contributed by atoms with E-state index in [1.807, 2.05) is 0 Å². The van der Waals surface area contributed by atoms with Gasteiger partial charge in [-0.1, -0.05) is 43.0 Å². The van der Waals surface area contributed by atoms with E-state index in [-0.39, 0.29) is 12.4 Å². The zero-order valence-corrected chi connectivity index (χ0v) is 13.0. The van der Waals surface area contributed by atoms with Crippen LogP contribution in [0.15, 0.2) is 54.1 Å². The molecule has 0 aromatic heterocycles. The monoisotopic (exact) mass is 307 g/mol. The Bertz CT molecular complexity index is 564. The maximum absolute atomic E-state index is 14.0. The van der Waals surface area contributed by atoms with Crippen molar-refractivity contribution in [3.05, 3.63) is 65.3 Å². The number of amides is 1. The number of nitrogens with one attached hydrogen (secondary N) is 1. The number of carbonyl (C=O) groups excluding carboxylic acids is 1. The molecule has 1 rings (SSSR count). The van der Waals surface area contributed by atoms with E-state index in [0.29, 0.717) is 22.9 Å². The predicted octanol–water partition coefficient (Wildman–Crippen LogP) is 3.11. The van der Waals surface area contributed by atoms with E-state index in [0.717, 1.165) is 5.56 Å². The first-order valence-electron chi connectivity index (χ1n) is 6.44. The van der Waals surface area contributed by atoms with E-state index < -0.39 is 6.04 Å². The lowest BCUT2D eigenvalue weighted by Crippen LogP contribution is -2.22. The van der Waals surface area contributed by atoms with Gasteiger partial charge in [0.2, 0.25) is 6.41 Å². The summed E-state index contributed by atoms with van der Waals surface area (Å²) < 4.78 is 14.0. The van der Waals surface area contributed by atoms with Gasteiger partial charge in [0, 0.05) is 5.57 Å². The molecule has 1 aromatic rings. The molecular formula is C16H19FNO2P. The molecule has 0 fully saturated rings. The molecule has 0 bridgehead atoms. The molecule has 5 heteroatoms. The van der Waals surface area contributed by atoms with Gasteiger partial charge in [0.25, 0.3) is 0 Å². The minimum Gasteiger partial charge on any atom is -0.394 e. The Kier molecular flexibility index (Phi) is 7.00. The summed E-state index contributed by atoms with van der Waals surface area (Å²) in [6, 6.07) is 6.52. The Morgan fingerprint density at radius 3 is 2.52 bits per heavy atom. The lowest BCUT2D eigenvalue weighted by atomic mass is 9.99. The summed E-state index contributed by atoms with van der Waals surface area (Å²) in [7, 11) is 2.46. The molecule has 2 N–H and O–H groups in total. The Hall–Kier alpha value is -1.77. The van der Waals surface area contributed by atoms with Crippen LogP contribution in [0.1, 0.15) is 24.1 Å². The smallest absolute Gasteiger partial charge is 0.207 e. The average molecular weight is 307 g/mol. The van der Waals surface area contributed by atoms with Crippen molar-refractivity contribution in [2.45, 2.75) is 13.0 Å². The summed E-state index contributed by atoms with van der Waals surface area (Å²) in [4.78, 5) is 10.5. The highest BCUT2D eigenvalue weighted by atomic mass is 31.0. The summed E-state index contributed by atoms with van der Waals surface area (Å²) in [5, 5.41) is 12.4. The van der Waals surface area contributed by atoms with E-state index in [9.17, 15) is 14.3 Å². The average Bonchev–Trinajstić information content (AvgIpc) is 2.53. The first-order valence-corrected chi connectivity index (χ1v) is 7.02. The van der Waals surface area contributed by atoms with Crippen LogP contribution in [0.3, 0.4) is 0 Å². The van der Waals surface area contributed by atoms with Gasteiger partial charge in [0.1, 0.15) is 5.83 Å². The van der Waals surface area contributed by atoms with Crippen LogP contribution < -0.4 is 5.32 Å². The molecule has 0 saturated carbocycles. The normalized spacial score (nSPS) is 14.2. The quantitative estimate of drug-likeness (QED) is 0.462. The highest BCUT2D eigenvalue weighted by Crippen LogP contribution is 2.31. The van der Waals surface area contributed by atoms with Crippen LogP contribution in [0, 0.1) is 0 Å². The number of aliphatic hydroxyl groups excluding tert-OH is 1. The lowest BCUT2D eigenvalue weighted by molar-refractivity contribution is -0.110. The molecule has 0 radical (unpaired) electrons. The SMILES string of the molecule is C=C/C(P)=C(\C(F)=C/C)c1ccc(C(CO)NC=O)cc1. The van der Waals surface area contributed by atoms with Gasteiger partial charge in [0.15, 0.2) is 0 Å². The van der Waals surface area contributed by atoms with Gasteiger partial charge < -0.3 is 10.4 Å². The first kappa shape index (κ1) is 17.3. The maximum atomic E-state index is 14.0. The maximum Gasteiger partial charge on any atom is 0.207 e. The molecule has 0 aliphatic carbocycles. The largest absolute Gasteiger partial charge is 0.394 e. The Labute approximate surface area is 126 Å². The molecule has 0 saturated heterocycles. The van der Waals surface area contributed by atoms with E-state index in [4.69, 9.17) is 0 Å². The number of halogens is 1. The van der Waals surface area contributed by atoms with Crippen molar-refractivity contribution in [3.63, 3.8) is 0 Å². The van der Waals surface area contributed by atoms with Crippen molar-refractivity contribution in [1.29, 1.82) is 0 Å². The van der Waals surface area contributed by atoms with Crippen LogP contribution >= 0.6 is 9.24 Å². The summed E-state index contributed by atoms with van der Waals surface area (Å²) in [6.45, 7) is 5.08. The third-order valence-corrected chi connectivity index (χ3v) is 3.58. The second kappa shape index (κ2) is 8.50. The third kappa shape index (κ3) is 4.35. The summed E-state index contributed by atoms with van der Waals surface area (Å²) in [6.07, 6.45) is 3.50. The molecule has 2 unspecified atom stereocenters. The summed E-state index contributed by atoms with van der Waals surface area (Å²) in [5.41, 5.74) is 1.90. The minimum absolute atomic E-state index is 0.203. The van der Waals surface area contributed by atoms with Crippen molar-refractivity contribution < 1.29 is 14.3 Å². The molecule has 3 nitrogen and oxygen atoms in total. The van der Waals surface area contributed by atoms with Crippen molar-refractivity contribution in [2.75, 3.05) is 6.61 Å². The molecule has 0 aliphatic rings. The van der Waals surface area contributed by atoms with Crippen LogP contribution in [0.4, 0.5) is 4.39 Å². The number of carbonyl (C=O) groups is 1. The van der Waals surface area contributed by atoms with E-state index in [1.165, 1.54) is 6.08 Å². The van der Waals surface area contributed by atoms with Gasteiger partial charge in [-0.2, -0.15) is 0 Å². The van der Waals surface area contributed by atoms with Gasteiger partial charge in [0.05, 0.1) is 12.6 Å². The summed E-state index contributed by atoms with van der Waals surface area (Å²) in [5.74, 6) is -0.336. The van der Waals surface area contributed by atoms with Crippen molar-refractivity contribution in [2.24, 2.45) is 0 Å². The van der Waals surface area contributed by atoms with Crippen molar-refractivity contribution >= 4 is 21.2 Å². The number of aliphatic hydroxyl groups is 1. The highest BCUT2D eigenvalue weighted by molar-refractivity contribution is 7.23. The Morgan fingerprint density at radius 1 is 1.48 bits per heavy atom. The molecule has 0 spiro atoms. The fourth-order valence-electron chi connectivity index (χ4n) is 1.91. The van der Waals surface area contributed by atoms with Gasteiger partial charge in [-0.25, -0.2) is 4.39 Å². The van der Waals surface area contributed by atoms with Crippen LogP contribution in [-0.2, 0) is 4.79 Å². The van der Waals surface area contributed by atoms with Crippen molar-refractivity contribution in [1.82, 2.24) is 5.32 Å². The number of rotatable bonds is 7. The topological polar surface area (TPSA) is 49.3 Å². The molecule has 112 valence electrons. The number of benzene rings is 1. The third-order valence-electron chi connectivity index (χ3n) is 3.05. The molecular weight excluding hydrogens is 288 g/mol. The van der Waals surface area contributed by atoms with Gasteiger partial charge >= 0.3 is 0 Å². The Balaban J connectivity index is 3.21. The fourth-order valence-corrected chi connectivity index (χ4v) is 2.21. The molecule has 0 aliphatic heterocycles. The molecule has 1 amide bonds. The van der Waals surface area contributed by atoms with E-state index in [1.54, 1.807) is 37.3 Å². The fraction of sp³-hybridized carbons (Fsp3) is 0.188. The second-order valence-electron chi connectivity index (χ2n) is 4.31. The minimum atomic E-state index is -0.467. The van der Waals surface area contributed by atoms with E-state index in [2.05, 4.69) is 21.1 Å². The van der Waals surface area contributed by atoms with Crippen LogP contribution in [0.2, 0.25) is 0 Å². The van der Waals surface area contributed by atoms with Crippen molar-refractivity contribution in [3.8, 4) is 0 Å². The zero-order chi connectivity index (χ0) is 15.8. The van der Waals surface area contributed by atoms with E-state index >= 15 is 0 Å². The van der Waals surface area contributed by atoms with Crippen LogP contribution in [-0.4, -0.2) is 18.1 Å². The van der Waals surface area contributed by atoms with Gasteiger partial charge in [-0.3, -0.25) is 4.79 Å². The molecule has 0 heterocycles. The molecule has 2 atom stereocenters. The number of hydrogen-bond donors (Lipinski definition) is 2. The standard InChI is InChI=1S/C16H19FNO2P/c1-3-13(17)16(15(21)4-2)12-7-5-11(6-8-12)14(9-19)18-10-20/h3-8,10,14,19H,2,9,21H2,1H3,(H,18,20)/b13-3+,16-15+. The number of hydrogen-bond acceptors (Lipinski definition) is 2. The predicted molar refractivity (Wildman–Crippen MR) is 87.2 cm³/mol. The zero-order valence-electron chi connectivity index (χ0n) is 11.8. The van der Waals surface area contributed by atoms with Gasteiger partial charge in [-0.05, 0) is 23.4 Å². The molecule has 1 aromatic carbocycles. The highest BCUT2D eigenvalue weighted by Gasteiger charge is 2.12. The summed E-state index contributed by atoms with van der Waals surface area (Å²) >= 11 is 0. The first-order chi connectivity index (χ1) is 10.1. The van der Waals surface area contributed by atoms with Crippen LogP contribution in [0.25, 0.3) is 5.57 Å². The second-order valence-corrected chi connectivity index (χ2v) is 4.93.